The van der Waals surface area contributed by atoms with Gasteiger partial charge in [-0.25, -0.2) is 0 Å². The van der Waals surface area contributed by atoms with E-state index in [0.29, 0.717) is 11.8 Å². The van der Waals surface area contributed by atoms with Crippen molar-refractivity contribution in [2.75, 3.05) is 0 Å². The quantitative estimate of drug-likeness (QED) is 0.0394. The highest BCUT2D eigenvalue weighted by Gasteiger charge is 2.14. The Morgan fingerprint density at radius 1 is 0.186 bits per heavy atom. The van der Waals surface area contributed by atoms with Gasteiger partial charge in [0.2, 0.25) is 0 Å². The highest BCUT2D eigenvalue weighted by molar-refractivity contribution is 5.77. The van der Waals surface area contributed by atoms with E-state index < -0.39 is 0 Å². The fourth-order valence-corrected chi connectivity index (χ4v) is 10.8. The highest BCUT2D eigenvalue weighted by atomic mass is 14.2. The third kappa shape index (κ3) is 15.8. The zero-order chi connectivity index (χ0) is 48.6. The lowest BCUT2D eigenvalue weighted by molar-refractivity contribution is 0.495. The minimum Gasteiger partial charge on any atom is -0.0654 e. The molecule has 0 amide bonds. The summed E-state index contributed by atoms with van der Waals surface area (Å²) in [5, 5.41) is 0. The van der Waals surface area contributed by atoms with Gasteiger partial charge in [-0.2, -0.15) is 0 Å². The lowest BCUT2D eigenvalue weighted by Crippen LogP contribution is -2.00. The van der Waals surface area contributed by atoms with Crippen LogP contribution in [0.1, 0.15) is 192 Å². The maximum absolute atomic E-state index is 2.41. The van der Waals surface area contributed by atoms with Crippen LogP contribution in [-0.4, -0.2) is 0 Å². The third-order valence-electron chi connectivity index (χ3n) is 15.3. The van der Waals surface area contributed by atoms with E-state index in [1.54, 1.807) is 0 Å². The van der Waals surface area contributed by atoms with Gasteiger partial charge in [-0.3, -0.25) is 0 Å². The first-order chi connectivity index (χ1) is 34.6. The molecule has 0 saturated carbocycles. The SMILES string of the molecule is CCCCCCCCC(CCCCC)c1ccc(-c2ccc(-c3ccc(-c4ccc(-c5ccc(-c6ccc(-c7ccc(C(CCCCC)CCCCCCCC)cc7)cc6)cc5)cc4)cc3)cc2)cc1. The van der Waals surface area contributed by atoms with Crippen molar-refractivity contribution in [3.8, 4) is 66.8 Å². The van der Waals surface area contributed by atoms with Gasteiger partial charge >= 0.3 is 0 Å². The molecule has 70 heavy (non-hydrogen) atoms. The van der Waals surface area contributed by atoms with Crippen LogP contribution in [0.2, 0.25) is 0 Å². The van der Waals surface area contributed by atoms with Crippen LogP contribution in [0.3, 0.4) is 0 Å². The minimum absolute atomic E-state index is 0.690. The molecule has 0 aromatic heterocycles. The van der Waals surface area contributed by atoms with Crippen molar-refractivity contribution >= 4 is 0 Å². The molecular weight excluding hydrogens is 841 g/mol. The van der Waals surface area contributed by atoms with Crippen molar-refractivity contribution in [3.63, 3.8) is 0 Å². The van der Waals surface area contributed by atoms with Crippen molar-refractivity contribution in [2.45, 2.75) is 181 Å². The minimum atomic E-state index is 0.690. The number of hydrogen-bond donors (Lipinski definition) is 0. The molecule has 0 saturated heterocycles. The maximum atomic E-state index is 2.41. The van der Waals surface area contributed by atoms with Gasteiger partial charge in [-0.15, -0.1) is 0 Å². The number of hydrogen-bond acceptors (Lipinski definition) is 0. The summed E-state index contributed by atoms with van der Waals surface area (Å²) in [5.41, 5.74) is 18.2. The third-order valence-corrected chi connectivity index (χ3v) is 15.3. The van der Waals surface area contributed by atoms with E-state index in [4.69, 9.17) is 0 Å². The van der Waals surface area contributed by atoms with Crippen LogP contribution < -0.4 is 0 Å². The average Bonchev–Trinajstić information content (AvgIpc) is 3.42. The van der Waals surface area contributed by atoms with Crippen LogP contribution >= 0.6 is 0 Å². The van der Waals surface area contributed by atoms with Crippen LogP contribution in [-0.2, 0) is 0 Å². The molecule has 0 fully saturated rings. The van der Waals surface area contributed by atoms with Gasteiger partial charge in [0.15, 0.2) is 0 Å². The summed E-state index contributed by atoms with van der Waals surface area (Å²) in [7, 11) is 0. The molecule has 0 bridgehead atoms. The summed E-state index contributed by atoms with van der Waals surface area (Å²) < 4.78 is 0. The molecule has 0 heteroatoms. The van der Waals surface area contributed by atoms with Crippen LogP contribution in [0, 0.1) is 0 Å². The second-order valence-electron chi connectivity index (χ2n) is 20.6. The molecule has 366 valence electrons. The monoisotopic (exact) mass is 927 g/mol. The molecule has 7 aromatic carbocycles. The zero-order valence-corrected chi connectivity index (χ0v) is 43.9. The Kier molecular flexibility index (Phi) is 21.7. The average molecular weight is 927 g/mol. The largest absolute Gasteiger partial charge is 0.0654 e. The van der Waals surface area contributed by atoms with Crippen LogP contribution in [0.5, 0.6) is 0 Å². The van der Waals surface area contributed by atoms with Gasteiger partial charge in [0, 0.05) is 0 Å². The predicted molar refractivity (Wildman–Crippen MR) is 309 cm³/mol. The van der Waals surface area contributed by atoms with E-state index in [0.717, 1.165) is 0 Å². The van der Waals surface area contributed by atoms with Crippen LogP contribution in [0.4, 0.5) is 0 Å². The van der Waals surface area contributed by atoms with Crippen molar-refractivity contribution in [3.05, 3.63) is 181 Å². The first kappa shape index (κ1) is 52.4. The van der Waals surface area contributed by atoms with E-state index in [-0.39, 0.29) is 0 Å². The van der Waals surface area contributed by atoms with Gasteiger partial charge in [-0.1, -0.05) is 313 Å². The number of unbranched alkanes of at least 4 members (excludes halogenated alkanes) is 14. The van der Waals surface area contributed by atoms with Crippen LogP contribution in [0.25, 0.3) is 66.8 Å². The van der Waals surface area contributed by atoms with Gasteiger partial charge in [-0.05, 0) is 115 Å². The second-order valence-corrected chi connectivity index (χ2v) is 20.6. The van der Waals surface area contributed by atoms with Gasteiger partial charge in [0.25, 0.3) is 0 Å². The van der Waals surface area contributed by atoms with Gasteiger partial charge in [0.05, 0.1) is 0 Å². The molecule has 0 N–H and O–H groups in total. The fraction of sp³-hybridized carbons (Fsp3) is 0.400. The Bertz CT molecular complexity index is 2290. The molecular formula is C70H86. The van der Waals surface area contributed by atoms with Crippen LogP contribution in [0.15, 0.2) is 170 Å². The zero-order valence-electron chi connectivity index (χ0n) is 43.9. The predicted octanol–water partition coefficient (Wildman–Crippen LogP) is 22.5. The summed E-state index contributed by atoms with van der Waals surface area (Å²) in [5.74, 6) is 1.38. The molecule has 2 unspecified atom stereocenters. The molecule has 0 radical (unpaired) electrons. The van der Waals surface area contributed by atoms with E-state index in [9.17, 15) is 0 Å². The van der Waals surface area contributed by atoms with E-state index in [1.807, 2.05) is 0 Å². The molecule has 7 rings (SSSR count). The van der Waals surface area contributed by atoms with Crippen molar-refractivity contribution in [1.29, 1.82) is 0 Å². The Labute approximate surface area is 426 Å². The summed E-state index contributed by atoms with van der Waals surface area (Å²) >= 11 is 0. The summed E-state index contributed by atoms with van der Waals surface area (Å²) in [6.07, 6.45) is 29.7. The Balaban J connectivity index is 0.910. The Morgan fingerprint density at radius 3 is 0.529 bits per heavy atom. The fourth-order valence-electron chi connectivity index (χ4n) is 10.8. The lowest BCUT2D eigenvalue weighted by atomic mass is 9.87. The van der Waals surface area contributed by atoms with Crippen molar-refractivity contribution in [1.82, 2.24) is 0 Å². The number of benzene rings is 7. The first-order valence-corrected chi connectivity index (χ1v) is 28.3. The molecule has 0 spiro atoms. The van der Waals surface area contributed by atoms with E-state index in [2.05, 4.69) is 198 Å². The molecule has 0 aliphatic carbocycles. The standard InChI is InChI=1S/C70H86/c1-5-9-13-15-17-21-25-55(23-19-11-7-3)57-27-31-59(32-28-57)61-35-39-63(40-36-61)65-43-47-67(48-44-65)69-51-53-70(54-52-69)68-49-45-66(46-50-68)64-41-37-62(38-42-64)60-33-29-58(30-34-60)56(24-20-12-8-4)26-22-18-16-14-10-6-2/h27-56H,5-26H2,1-4H3. The topological polar surface area (TPSA) is 0 Å². The summed E-state index contributed by atoms with van der Waals surface area (Å²) in [6.45, 7) is 9.24. The van der Waals surface area contributed by atoms with E-state index in [1.165, 1.54) is 219 Å². The molecule has 7 aromatic rings. The molecule has 0 nitrogen and oxygen atoms in total. The van der Waals surface area contributed by atoms with Gasteiger partial charge in [0.1, 0.15) is 0 Å². The lowest BCUT2D eigenvalue weighted by Gasteiger charge is -2.18. The van der Waals surface area contributed by atoms with Crippen molar-refractivity contribution < 1.29 is 0 Å². The van der Waals surface area contributed by atoms with E-state index >= 15 is 0 Å². The molecule has 2 atom stereocenters. The van der Waals surface area contributed by atoms with Gasteiger partial charge < -0.3 is 0 Å². The van der Waals surface area contributed by atoms with Crippen molar-refractivity contribution in [2.24, 2.45) is 0 Å². The first-order valence-electron chi connectivity index (χ1n) is 28.3. The Hall–Kier alpha value is -5.46. The second kappa shape index (κ2) is 29.0. The summed E-state index contributed by atoms with van der Waals surface area (Å²) in [6, 6.07) is 64.5. The normalized spacial score (nSPS) is 12.3. The smallest absolute Gasteiger partial charge is 0.0162 e. The highest BCUT2D eigenvalue weighted by Crippen LogP contribution is 2.35. The molecule has 0 aliphatic heterocycles. The molecule has 0 heterocycles. The Morgan fingerprint density at radius 2 is 0.329 bits per heavy atom. The summed E-state index contributed by atoms with van der Waals surface area (Å²) in [4.78, 5) is 0. The molecule has 0 aliphatic rings. The number of rotatable bonds is 30. The maximum Gasteiger partial charge on any atom is -0.0162 e.